The summed E-state index contributed by atoms with van der Waals surface area (Å²) in [4.78, 5) is 0. The van der Waals surface area contributed by atoms with E-state index in [1.54, 1.807) is 0 Å². The van der Waals surface area contributed by atoms with Crippen molar-refractivity contribution in [2.75, 3.05) is 0 Å². The Morgan fingerprint density at radius 3 is 1.12 bits per heavy atom. The van der Waals surface area contributed by atoms with Crippen molar-refractivity contribution in [3.63, 3.8) is 0 Å². The van der Waals surface area contributed by atoms with Gasteiger partial charge in [0.2, 0.25) is 0 Å². The molecule has 0 heteroatoms. The zero-order valence-corrected chi connectivity index (χ0v) is 18.9. The molecule has 0 fully saturated rings. The fourth-order valence-corrected chi connectivity index (χ4v) is 4.87. The van der Waals surface area contributed by atoms with E-state index in [0.29, 0.717) is 0 Å². The van der Waals surface area contributed by atoms with Crippen LogP contribution < -0.4 is 0 Å². The van der Waals surface area contributed by atoms with Gasteiger partial charge in [-0.3, -0.25) is 0 Å². The fourth-order valence-electron chi connectivity index (χ4n) is 4.87. The molecule has 6 aromatic carbocycles. The molecule has 34 heavy (non-hydrogen) atoms. The highest BCUT2D eigenvalue weighted by Crippen LogP contribution is 2.43. The van der Waals surface area contributed by atoms with Crippen LogP contribution in [-0.4, -0.2) is 0 Å². The Bertz CT molecular complexity index is 1550. The molecule has 160 valence electrons. The lowest BCUT2D eigenvalue weighted by Gasteiger charge is -2.17. The lowest BCUT2D eigenvalue weighted by Crippen LogP contribution is -1.90. The molecule has 0 radical (unpaired) electrons. The van der Waals surface area contributed by atoms with E-state index in [-0.39, 0.29) is 0 Å². The van der Waals surface area contributed by atoms with Crippen LogP contribution in [0, 0.1) is 0 Å². The Hall–Kier alpha value is -4.42. The van der Waals surface area contributed by atoms with Gasteiger partial charge in [-0.1, -0.05) is 146 Å². The minimum atomic E-state index is 1.20. The van der Waals surface area contributed by atoms with Gasteiger partial charge in [-0.15, -0.1) is 0 Å². The molecule has 0 saturated heterocycles. The summed E-state index contributed by atoms with van der Waals surface area (Å²) < 4.78 is 0. The molecule has 0 nitrogen and oxygen atoms in total. The summed E-state index contributed by atoms with van der Waals surface area (Å²) in [5, 5.41) is 5.14. The molecule has 0 heterocycles. The molecule has 0 saturated carbocycles. The second-order valence-electron chi connectivity index (χ2n) is 8.57. The van der Waals surface area contributed by atoms with Crippen LogP contribution in [0.5, 0.6) is 0 Å². The standard InChI is InChI=1S/C34H24/c1-3-11-25(12-4-1)19-20-26-21-23-28(24-22-26)34-31-17-9-7-15-29(31)33(27-13-5-2-6-14-27)30-16-8-10-18-32(30)34/h1-24H/b20-19+. The van der Waals surface area contributed by atoms with E-state index in [1.165, 1.54) is 54.9 Å². The van der Waals surface area contributed by atoms with Crippen molar-refractivity contribution in [2.45, 2.75) is 0 Å². The van der Waals surface area contributed by atoms with Crippen molar-refractivity contribution in [2.24, 2.45) is 0 Å². The lowest BCUT2D eigenvalue weighted by molar-refractivity contribution is 1.63. The summed E-state index contributed by atoms with van der Waals surface area (Å²) >= 11 is 0. The largest absolute Gasteiger partial charge is 0.0622 e. The van der Waals surface area contributed by atoms with Crippen molar-refractivity contribution in [3.05, 3.63) is 145 Å². The fraction of sp³-hybridized carbons (Fsp3) is 0. The van der Waals surface area contributed by atoms with Crippen molar-refractivity contribution < 1.29 is 0 Å². The van der Waals surface area contributed by atoms with Crippen molar-refractivity contribution >= 4 is 33.7 Å². The second-order valence-corrected chi connectivity index (χ2v) is 8.57. The first kappa shape index (κ1) is 20.2. The molecule has 0 aliphatic rings. The van der Waals surface area contributed by atoms with E-state index in [0.717, 1.165) is 0 Å². The van der Waals surface area contributed by atoms with Gasteiger partial charge in [0.1, 0.15) is 0 Å². The molecule has 6 rings (SSSR count). The van der Waals surface area contributed by atoms with Gasteiger partial charge >= 0.3 is 0 Å². The van der Waals surface area contributed by atoms with Gasteiger partial charge in [0, 0.05) is 0 Å². The topological polar surface area (TPSA) is 0 Å². The third-order valence-electron chi connectivity index (χ3n) is 6.46. The average Bonchev–Trinajstić information content (AvgIpc) is 2.92. The Morgan fingerprint density at radius 1 is 0.294 bits per heavy atom. The summed E-state index contributed by atoms with van der Waals surface area (Å²) in [6, 6.07) is 47.7. The third kappa shape index (κ3) is 3.70. The maximum atomic E-state index is 2.26. The first-order chi connectivity index (χ1) is 16.9. The van der Waals surface area contributed by atoms with Crippen molar-refractivity contribution in [1.29, 1.82) is 0 Å². The zero-order valence-electron chi connectivity index (χ0n) is 18.9. The van der Waals surface area contributed by atoms with Crippen LogP contribution in [0.25, 0.3) is 56.0 Å². The first-order valence-corrected chi connectivity index (χ1v) is 11.7. The molecule has 0 unspecified atom stereocenters. The van der Waals surface area contributed by atoms with Gasteiger partial charge < -0.3 is 0 Å². The molecule has 0 N–H and O–H groups in total. The molecule has 0 spiro atoms. The van der Waals surface area contributed by atoms with Gasteiger partial charge in [-0.25, -0.2) is 0 Å². The molecule has 0 aliphatic carbocycles. The van der Waals surface area contributed by atoms with E-state index in [2.05, 4.69) is 140 Å². The van der Waals surface area contributed by atoms with Crippen LogP contribution in [0.1, 0.15) is 11.1 Å². The number of hydrogen-bond donors (Lipinski definition) is 0. The zero-order chi connectivity index (χ0) is 22.7. The molecule has 0 aliphatic heterocycles. The van der Waals surface area contributed by atoms with E-state index >= 15 is 0 Å². The summed E-state index contributed by atoms with van der Waals surface area (Å²) in [5.41, 5.74) is 7.50. The van der Waals surface area contributed by atoms with Gasteiger partial charge in [0.05, 0.1) is 0 Å². The molecule has 0 amide bonds. The van der Waals surface area contributed by atoms with E-state index < -0.39 is 0 Å². The Kier molecular flexibility index (Phi) is 5.26. The quantitative estimate of drug-likeness (QED) is 0.192. The molecule has 0 aromatic heterocycles. The van der Waals surface area contributed by atoms with Gasteiger partial charge in [-0.2, -0.15) is 0 Å². The van der Waals surface area contributed by atoms with Crippen LogP contribution in [0.15, 0.2) is 133 Å². The minimum Gasteiger partial charge on any atom is -0.0622 e. The summed E-state index contributed by atoms with van der Waals surface area (Å²) in [6.07, 6.45) is 4.34. The van der Waals surface area contributed by atoms with Crippen LogP contribution in [-0.2, 0) is 0 Å². The van der Waals surface area contributed by atoms with E-state index in [9.17, 15) is 0 Å². The molecule has 6 aromatic rings. The Balaban J connectivity index is 1.53. The number of fused-ring (bicyclic) bond motifs is 2. The highest BCUT2D eigenvalue weighted by atomic mass is 14.2. The lowest BCUT2D eigenvalue weighted by atomic mass is 9.86. The van der Waals surface area contributed by atoms with Crippen LogP contribution in [0.3, 0.4) is 0 Å². The smallest absolute Gasteiger partial charge is 0.00264 e. The average molecular weight is 433 g/mol. The number of rotatable bonds is 4. The predicted molar refractivity (Wildman–Crippen MR) is 148 cm³/mol. The van der Waals surface area contributed by atoms with Gasteiger partial charge in [0.15, 0.2) is 0 Å². The summed E-state index contributed by atoms with van der Waals surface area (Å²) in [7, 11) is 0. The Labute approximate surface area is 200 Å². The monoisotopic (exact) mass is 432 g/mol. The SMILES string of the molecule is C(=C\c1ccc(-c2c3ccccc3c(-c3ccccc3)c3ccccc23)cc1)/c1ccccc1. The maximum absolute atomic E-state index is 2.26. The summed E-state index contributed by atoms with van der Waals surface area (Å²) in [6.45, 7) is 0. The third-order valence-corrected chi connectivity index (χ3v) is 6.46. The van der Waals surface area contributed by atoms with E-state index in [1.807, 2.05) is 6.07 Å². The highest BCUT2D eigenvalue weighted by Gasteiger charge is 2.15. The normalized spacial score (nSPS) is 11.4. The molecular weight excluding hydrogens is 408 g/mol. The van der Waals surface area contributed by atoms with Gasteiger partial charge in [-0.05, 0) is 54.9 Å². The predicted octanol–water partition coefficient (Wildman–Crippen LogP) is 9.50. The minimum absolute atomic E-state index is 1.20. The van der Waals surface area contributed by atoms with E-state index in [4.69, 9.17) is 0 Å². The molecule has 0 atom stereocenters. The van der Waals surface area contributed by atoms with Crippen LogP contribution in [0.4, 0.5) is 0 Å². The van der Waals surface area contributed by atoms with Crippen LogP contribution in [0.2, 0.25) is 0 Å². The summed E-state index contributed by atoms with van der Waals surface area (Å²) in [5.74, 6) is 0. The Morgan fingerprint density at radius 2 is 0.647 bits per heavy atom. The second kappa shape index (κ2) is 8.84. The first-order valence-electron chi connectivity index (χ1n) is 11.7. The number of benzene rings is 6. The van der Waals surface area contributed by atoms with Crippen molar-refractivity contribution in [3.8, 4) is 22.3 Å². The van der Waals surface area contributed by atoms with Crippen LogP contribution >= 0.6 is 0 Å². The van der Waals surface area contributed by atoms with Crippen molar-refractivity contribution in [1.82, 2.24) is 0 Å². The maximum Gasteiger partial charge on any atom is -0.00264 e. The highest BCUT2D eigenvalue weighted by molar-refractivity contribution is 6.21. The molecular formula is C34H24. The van der Waals surface area contributed by atoms with Gasteiger partial charge in [0.25, 0.3) is 0 Å². The molecule has 0 bridgehead atoms. The number of hydrogen-bond acceptors (Lipinski definition) is 0.